The molecule has 1 atom stereocenters. The number of nitriles is 1. The van der Waals surface area contributed by atoms with Gasteiger partial charge in [-0.25, -0.2) is 0 Å². The minimum absolute atomic E-state index is 0.243. The number of thioether (sulfide) groups is 1. The first-order chi connectivity index (χ1) is 13.2. The van der Waals surface area contributed by atoms with Crippen molar-refractivity contribution in [3.8, 4) is 6.07 Å². The molecule has 1 aromatic rings. The molecule has 0 unspecified atom stereocenters. The van der Waals surface area contributed by atoms with Crippen LogP contribution < -0.4 is 0 Å². The van der Waals surface area contributed by atoms with Crippen molar-refractivity contribution in [3.05, 3.63) is 71.0 Å². The minimum atomic E-state index is -0.243. The van der Waals surface area contributed by atoms with E-state index >= 15 is 0 Å². The molecule has 152 valence electrons. The molecule has 0 saturated heterocycles. The third-order valence-electron chi connectivity index (χ3n) is 3.34. The van der Waals surface area contributed by atoms with Gasteiger partial charge >= 0.3 is 0 Å². The first-order valence-electron chi connectivity index (χ1n) is 9.96. The Morgan fingerprint density at radius 2 is 1.63 bits per heavy atom. The molecule has 0 aromatic heterocycles. The number of hydrogen-bond donors (Lipinski definition) is 0. The molecule has 0 aliphatic heterocycles. The summed E-state index contributed by atoms with van der Waals surface area (Å²) in [5, 5.41) is 11.4. The first kappa shape index (κ1) is 30.0. The van der Waals surface area contributed by atoms with E-state index in [1.54, 1.807) is 11.8 Å². The van der Waals surface area contributed by atoms with Gasteiger partial charge in [0.2, 0.25) is 0 Å². The lowest BCUT2D eigenvalue weighted by molar-refractivity contribution is 0.272. The van der Waals surface area contributed by atoms with Crippen molar-refractivity contribution in [2.45, 2.75) is 61.4 Å². The van der Waals surface area contributed by atoms with Crippen LogP contribution in [-0.2, 0) is 0 Å². The van der Waals surface area contributed by atoms with Gasteiger partial charge in [0.25, 0.3) is 0 Å². The molecule has 0 N–H and O–H groups in total. The van der Waals surface area contributed by atoms with Crippen LogP contribution in [0.15, 0.2) is 65.5 Å². The Bertz CT molecular complexity index is 541. The summed E-state index contributed by atoms with van der Waals surface area (Å²) >= 11 is 1.59. The fourth-order valence-electron chi connectivity index (χ4n) is 2.13. The van der Waals surface area contributed by atoms with E-state index in [4.69, 9.17) is 0 Å². The number of likely N-dealkylation sites (N-methyl/N-ethyl adjacent to an activating group) is 1. The molecule has 0 aliphatic rings. The largest absolute Gasteiger partial charge is 0.280 e. The Kier molecular flexibility index (Phi) is 24.7. The van der Waals surface area contributed by atoms with E-state index in [1.807, 2.05) is 83.4 Å². The van der Waals surface area contributed by atoms with Crippen LogP contribution in [-0.4, -0.2) is 18.0 Å². The number of nitrogens with zero attached hydrogens (tertiary/aromatic N) is 2. The highest BCUT2D eigenvalue weighted by Gasteiger charge is 2.19. The zero-order valence-electron chi connectivity index (χ0n) is 18.7. The van der Waals surface area contributed by atoms with Gasteiger partial charge in [-0.3, -0.25) is 4.90 Å². The maximum absolute atomic E-state index is 9.55. The summed E-state index contributed by atoms with van der Waals surface area (Å²) in [6.07, 6.45) is 1.87. The van der Waals surface area contributed by atoms with Crippen molar-refractivity contribution in [3.63, 3.8) is 0 Å². The lowest BCUT2D eigenvalue weighted by atomic mass is 10.1. The van der Waals surface area contributed by atoms with Crippen molar-refractivity contribution in [1.82, 2.24) is 4.90 Å². The van der Waals surface area contributed by atoms with Gasteiger partial charge < -0.3 is 0 Å². The molecule has 27 heavy (non-hydrogen) atoms. The fourth-order valence-corrected chi connectivity index (χ4v) is 2.68. The van der Waals surface area contributed by atoms with Crippen molar-refractivity contribution in [2.75, 3.05) is 13.1 Å². The lowest BCUT2D eigenvalue weighted by Gasteiger charge is -2.27. The Labute approximate surface area is 173 Å². The van der Waals surface area contributed by atoms with E-state index in [9.17, 15) is 5.26 Å². The predicted octanol–water partition coefficient (Wildman–Crippen LogP) is 7.99. The van der Waals surface area contributed by atoms with E-state index in [2.05, 4.69) is 38.0 Å². The molecule has 0 bridgehead atoms. The Morgan fingerprint density at radius 1 is 1.11 bits per heavy atom. The van der Waals surface area contributed by atoms with Crippen molar-refractivity contribution < 1.29 is 0 Å². The third-order valence-corrected chi connectivity index (χ3v) is 4.12. The Balaban J connectivity index is -0.000000869. The zero-order valence-corrected chi connectivity index (χ0v) is 19.6. The summed E-state index contributed by atoms with van der Waals surface area (Å²) in [4.78, 5) is 3.32. The summed E-state index contributed by atoms with van der Waals surface area (Å²) in [6.45, 7) is 25.3. The molecule has 0 amide bonds. The molecule has 0 radical (unpaired) electrons. The molecule has 1 aromatic carbocycles. The number of hydrogen-bond acceptors (Lipinski definition) is 3. The maximum atomic E-state index is 9.55. The van der Waals surface area contributed by atoms with Crippen molar-refractivity contribution in [2.24, 2.45) is 0 Å². The standard InChI is InChI=1S/C18H22N2S.3C2H6/c1-5-16(15(4)21-7-3)14-20(6-2)18(13-19)17-11-9-8-10-12-17;3*1-2/h5,7-12,18H,1,3,6,14H2,2,4H3;3*1-2H3/b16-15+;;;/t18-;;;/m1.../s1. The molecule has 2 nitrogen and oxygen atoms in total. The molecule has 1 rings (SSSR count). The molecule has 0 spiro atoms. The number of allylic oxidation sites excluding steroid dienone is 1. The number of benzene rings is 1. The topological polar surface area (TPSA) is 27.0 Å². The van der Waals surface area contributed by atoms with Crippen LogP contribution >= 0.6 is 11.8 Å². The van der Waals surface area contributed by atoms with Gasteiger partial charge in [-0.2, -0.15) is 5.26 Å². The summed E-state index contributed by atoms with van der Waals surface area (Å²) in [7, 11) is 0. The smallest absolute Gasteiger partial charge is 0.124 e. The second-order valence-electron chi connectivity index (χ2n) is 4.58. The maximum Gasteiger partial charge on any atom is 0.124 e. The van der Waals surface area contributed by atoms with Gasteiger partial charge in [0.15, 0.2) is 0 Å². The summed E-state index contributed by atoms with van der Waals surface area (Å²) < 4.78 is 0. The normalized spacial score (nSPS) is 11.0. The molecule has 0 fully saturated rings. The summed E-state index contributed by atoms with van der Waals surface area (Å²) in [6, 6.07) is 12.1. The molecular formula is C24H40N2S. The lowest BCUT2D eigenvalue weighted by Crippen LogP contribution is -2.29. The Morgan fingerprint density at radius 3 is 2.00 bits per heavy atom. The van der Waals surface area contributed by atoms with Crippen LogP contribution in [0.4, 0.5) is 0 Å². The highest BCUT2D eigenvalue weighted by molar-refractivity contribution is 8.05. The van der Waals surface area contributed by atoms with E-state index in [1.165, 1.54) is 4.91 Å². The van der Waals surface area contributed by atoms with Gasteiger partial charge in [0.05, 0.1) is 6.07 Å². The van der Waals surface area contributed by atoms with Crippen LogP contribution in [0, 0.1) is 11.3 Å². The SMILES string of the molecule is C=CS/C(C)=C(\C=C)CN(CC)[C@H](C#N)c1ccccc1.CC.CC.CC. The van der Waals surface area contributed by atoms with Gasteiger partial charge in [0.1, 0.15) is 6.04 Å². The van der Waals surface area contributed by atoms with Gasteiger partial charge in [-0.15, -0.1) is 11.8 Å². The average Bonchev–Trinajstić information content (AvgIpc) is 2.76. The molecule has 3 heteroatoms. The highest BCUT2D eigenvalue weighted by Crippen LogP contribution is 2.25. The van der Waals surface area contributed by atoms with E-state index in [0.717, 1.165) is 17.7 Å². The van der Waals surface area contributed by atoms with Crippen LogP contribution in [0.5, 0.6) is 0 Å². The molecule has 0 saturated carbocycles. The van der Waals surface area contributed by atoms with E-state index in [0.29, 0.717) is 6.54 Å². The second kappa shape index (κ2) is 22.3. The van der Waals surface area contributed by atoms with Crippen molar-refractivity contribution >= 4 is 11.8 Å². The zero-order chi connectivity index (χ0) is 21.7. The van der Waals surface area contributed by atoms with Crippen LogP contribution in [0.25, 0.3) is 0 Å². The van der Waals surface area contributed by atoms with E-state index < -0.39 is 0 Å². The molecule has 0 aliphatic carbocycles. The third kappa shape index (κ3) is 12.3. The van der Waals surface area contributed by atoms with Gasteiger partial charge in [-0.05, 0) is 34.9 Å². The second-order valence-corrected chi connectivity index (χ2v) is 5.76. The summed E-state index contributed by atoms with van der Waals surface area (Å²) in [5.74, 6) is 0. The average molecular weight is 389 g/mol. The number of rotatable bonds is 8. The first-order valence-corrected chi connectivity index (χ1v) is 10.8. The highest BCUT2D eigenvalue weighted by atomic mass is 32.2. The van der Waals surface area contributed by atoms with Crippen LogP contribution in [0.3, 0.4) is 0 Å². The fraction of sp³-hybridized carbons (Fsp3) is 0.458. The van der Waals surface area contributed by atoms with Gasteiger partial charge in [-0.1, -0.05) is 98.0 Å². The Hall–Kier alpha value is -1.76. The van der Waals surface area contributed by atoms with Crippen molar-refractivity contribution in [1.29, 1.82) is 5.26 Å². The summed E-state index contributed by atoms with van der Waals surface area (Å²) in [5.41, 5.74) is 2.16. The predicted molar refractivity (Wildman–Crippen MR) is 127 cm³/mol. The monoisotopic (exact) mass is 388 g/mol. The van der Waals surface area contributed by atoms with E-state index in [-0.39, 0.29) is 6.04 Å². The molecular weight excluding hydrogens is 348 g/mol. The minimum Gasteiger partial charge on any atom is -0.280 e. The van der Waals surface area contributed by atoms with Crippen LogP contribution in [0.2, 0.25) is 0 Å². The molecule has 0 heterocycles. The quantitative estimate of drug-likeness (QED) is 0.422. The van der Waals surface area contributed by atoms with Crippen LogP contribution in [0.1, 0.15) is 67.0 Å². The van der Waals surface area contributed by atoms with Gasteiger partial charge in [0, 0.05) is 6.54 Å².